The van der Waals surface area contributed by atoms with E-state index in [-0.39, 0.29) is 5.78 Å². The molecule has 2 rings (SSSR count). The molecular weight excluding hydrogens is 466 g/mol. The first-order valence-electron chi connectivity index (χ1n) is 6.26. The lowest BCUT2D eigenvalue weighted by molar-refractivity contribution is 0.102. The molecule has 21 heavy (non-hydrogen) atoms. The molecule has 2 aromatic rings. The minimum absolute atomic E-state index is 0.0636. The Morgan fingerprint density at radius 2 is 1.95 bits per heavy atom. The van der Waals surface area contributed by atoms with Crippen LogP contribution in [-0.4, -0.2) is 41.1 Å². The number of halogens is 3. The fraction of sp³-hybridized carbons (Fsp3) is 0.286. The van der Waals surface area contributed by atoms with Crippen molar-refractivity contribution in [3.8, 4) is 0 Å². The lowest BCUT2D eigenvalue weighted by Gasteiger charge is -2.12. The van der Waals surface area contributed by atoms with Crippen LogP contribution in [0.3, 0.4) is 0 Å². The Hall–Kier alpha value is -0.500. The van der Waals surface area contributed by atoms with Crippen LogP contribution in [0, 0.1) is 0 Å². The average molecular weight is 480 g/mol. The smallest absolute Gasteiger partial charge is 0.213 e. The van der Waals surface area contributed by atoms with Crippen molar-refractivity contribution in [3.05, 3.63) is 49.1 Å². The van der Waals surface area contributed by atoms with Gasteiger partial charge in [0, 0.05) is 21.1 Å². The highest BCUT2D eigenvalue weighted by atomic mass is 79.9. The molecule has 1 aromatic carbocycles. The maximum Gasteiger partial charge on any atom is 0.213 e. The molecule has 1 aromatic heterocycles. The Morgan fingerprint density at radius 3 is 2.62 bits per heavy atom. The van der Waals surface area contributed by atoms with Crippen LogP contribution in [0.15, 0.2) is 37.8 Å². The highest BCUT2D eigenvalue weighted by Gasteiger charge is 2.21. The maximum atomic E-state index is 12.8. The summed E-state index contributed by atoms with van der Waals surface area (Å²) in [5.41, 5.74) is 1.17. The number of hydrogen-bond acceptors (Lipinski definition) is 3. The summed E-state index contributed by atoms with van der Waals surface area (Å²) in [6.45, 7) is 1.47. The summed E-state index contributed by atoms with van der Waals surface area (Å²) in [7, 11) is 3.98. The van der Waals surface area contributed by atoms with Crippen LogP contribution in [-0.2, 0) is 6.54 Å². The quantitative estimate of drug-likeness (QED) is 0.609. The zero-order valence-electron chi connectivity index (χ0n) is 11.6. The van der Waals surface area contributed by atoms with Crippen molar-refractivity contribution in [3.63, 3.8) is 0 Å². The van der Waals surface area contributed by atoms with Crippen LogP contribution in [0.25, 0.3) is 0 Å². The van der Waals surface area contributed by atoms with Gasteiger partial charge in [-0.05, 0) is 48.2 Å². The van der Waals surface area contributed by atoms with Crippen LogP contribution in [0.4, 0.5) is 0 Å². The Labute approximate surface area is 148 Å². The number of hydrogen-bond donors (Lipinski definition) is 0. The molecule has 0 N–H and O–H groups in total. The molecular formula is C14H14Br3N3O. The van der Waals surface area contributed by atoms with E-state index in [1.54, 1.807) is 10.9 Å². The summed E-state index contributed by atoms with van der Waals surface area (Å²) < 4.78 is 4.07. The predicted molar refractivity (Wildman–Crippen MR) is 93.8 cm³/mol. The number of carbonyl (C=O) groups excluding carboxylic acids is 1. The molecule has 0 bridgehead atoms. The van der Waals surface area contributed by atoms with Gasteiger partial charge in [0.1, 0.15) is 5.69 Å². The Balaban J connectivity index is 2.39. The van der Waals surface area contributed by atoms with Gasteiger partial charge in [-0.2, -0.15) is 5.10 Å². The summed E-state index contributed by atoms with van der Waals surface area (Å²) in [6, 6.07) is 5.55. The zero-order chi connectivity index (χ0) is 15.6. The van der Waals surface area contributed by atoms with Gasteiger partial charge < -0.3 is 4.90 Å². The van der Waals surface area contributed by atoms with E-state index in [4.69, 9.17) is 0 Å². The van der Waals surface area contributed by atoms with E-state index in [0.29, 0.717) is 22.3 Å². The third kappa shape index (κ3) is 4.03. The van der Waals surface area contributed by atoms with Crippen LogP contribution in [0.2, 0.25) is 0 Å². The van der Waals surface area contributed by atoms with E-state index in [0.717, 1.165) is 15.5 Å². The molecule has 0 aliphatic heterocycles. The van der Waals surface area contributed by atoms with Crippen molar-refractivity contribution in [2.75, 3.05) is 20.6 Å². The Morgan fingerprint density at radius 1 is 1.24 bits per heavy atom. The number of ketones is 1. The molecule has 0 saturated carbocycles. The average Bonchev–Trinajstić information content (AvgIpc) is 2.79. The minimum atomic E-state index is -0.0636. The molecule has 0 fully saturated rings. The molecule has 0 radical (unpaired) electrons. The third-order valence-electron chi connectivity index (χ3n) is 2.94. The van der Waals surface area contributed by atoms with Gasteiger partial charge in [0.05, 0.1) is 17.2 Å². The van der Waals surface area contributed by atoms with Gasteiger partial charge in [0.15, 0.2) is 0 Å². The first-order chi connectivity index (χ1) is 9.90. The fourth-order valence-corrected chi connectivity index (χ4v) is 3.12. The normalized spacial score (nSPS) is 11.1. The van der Waals surface area contributed by atoms with Crippen molar-refractivity contribution < 1.29 is 4.79 Å². The molecule has 1 heterocycles. The second-order valence-electron chi connectivity index (χ2n) is 4.82. The second kappa shape index (κ2) is 7.17. The molecule has 4 nitrogen and oxygen atoms in total. The van der Waals surface area contributed by atoms with Crippen LogP contribution in [0.5, 0.6) is 0 Å². The van der Waals surface area contributed by atoms with Crippen molar-refractivity contribution in [2.45, 2.75) is 6.54 Å². The highest BCUT2D eigenvalue weighted by Crippen LogP contribution is 2.27. The summed E-state index contributed by atoms with van der Waals surface area (Å²) in [4.78, 5) is 14.9. The number of nitrogens with zero attached hydrogens (tertiary/aromatic N) is 3. The predicted octanol–water partition coefficient (Wildman–Crippen LogP) is 3.96. The standard InChI is InChI=1S/C14H14Br3N3O/c1-19(2)5-6-20-13(12(17)8-18-20)14(21)10-7-9(15)3-4-11(10)16/h3-4,7-8H,5-6H2,1-2H3. The molecule has 7 heteroatoms. The lowest BCUT2D eigenvalue weighted by atomic mass is 10.1. The number of carbonyl (C=O) groups is 1. The van der Waals surface area contributed by atoms with Crippen LogP contribution in [0.1, 0.15) is 16.1 Å². The van der Waals surface area contributed by atoms with Gasteiger partial charge >= 0.3 is 0 Å². The Bertz CT molecular complexity index is 667. The summed E-state index contributed by atoms with van der Waals surface area (Å²) >= 11 is 10.3. The van der Waals surface area contributed by atoms with Crippen LogP contribution >= 0.6 is 47.8 Å². The largest absolute Gasteiger partial charge is 0.308 e. The van der Waals surface area contributed by atoms with E-state index in [1.807, 2.05) is 32.3 Å². The maximum absolute atomic E-state index is 12.8. The topological polar surface area (TPSA) is 38.1 Å². The van der Waals surface area contributed by atoms with Gasteiger partial charge in [-0.1, -0.05) is 31.9 Å². The lowest BCUT2D eigenvalue weighted by Crippen LogP contribution is -2.22. The summed E-state index contributed by atoms with van der Waals surface area (Å²) in [5, 5.41) is 4.28. The third-order valence-corrected chi connectivity index (χ3v) is 4.71. The highest BCUT2D eigenvalue weighted by molar-refractivity contribution is 9.11. The SMILES string of the molecule is CN(C)CCn1ncc(Br)c1C(=O)c1cc(Br)ccc1Br. The first-order valence-corrected chi connectivity index (χ1v) is 8.64. The minimum Gasteiger partial charge on any atom is -0.308 e. The molecule has 0 unspecified atom stereocenters. The number of likely N-dealkylation sites (N-methyl/N-ethyl adjacent to an activating group) is 1. The number of benzene rings is 1. The van der Waals surface area contributed by atoms with Crippen molar-refractivity contribution in [2.24, 2.45) is 0 Å². The fourth-order valence-electron chi connectivity index (χ4n) is 1.85. The molecule has 0 spiro atoms. The molecule has 112 valence electrons. The monoisotopic (exact) mass is 477 g/mol. The van der Waals surface area contributed by atoms with E-state index in [1.165, 1.54) is 0 Å². The van der Waals surface area contributed by atoms with Crippen molar-refractivity contribution >= 4 is 53.6 Å². The van der Waals surface area contributed by atoms with Gasteiger partial charge in [-0.3, -0.25) is 9.48 Å². The van der Waals surface area contributed by atoms with Gasteiger partial charge in [-0.25, -0.2) is 0 Å². The van der Waals surface area contributed by atoms with E-state index in [9.17, 15) is 4.79 Å². The van der Waals surface area contributed by atoms with E-state index in [2.05, 4.69) is 57.8 Å². The number of rotatable bonds is 5. The Kier molecular flexibility index (Phi) is 5.76. The number of aromatic nitrogens is 2. The first kappa shape index (κ1) is 16.9. The van der Waals surface area contributed by atoms with Gasteiger partial charge in [0.2, 0.25) is 5.78 Å². The molecule has 0 amide bonds. The molecule has 0 atom stereocenters. The summed E-state index contributed by atoms with van der Waals surface area (Å²) in [6.07, 6.45) is 1.66. The van der Waals surface area contributed by atoms with Crippen molar-refractivity contribution in [1.29, 1.82) is 0 Å². The van der Waals surface area contributed by atoms with Crippen molar-refractivity contribution in [1.82, 2.24) is 14.7 Å². The molecule has 0 aliphatic rings. The van der Waals surface area contributed by atoms with Gasteiger partial charge in [0.25, 0.3) is 0 Å². The molecule has 0 saturated heterocycles. The zero-order valence-corrected chi connectivity index (χ0v) is 16.4. The second-order valence-corrected chi connectivity index (χ2v) is 7.45. The van der Waals surface area contributed by atoms with E-state index < -0.39 is 0 Å². The summed E-state index contributed by atoms with van der Waals surface area (Å²) in [5.74, 6) is -0.0636. The van der Waals surface area contributed by atoms with Crippen LogP contribution < -0.4 is 0 Å². The van der Waals surface area contributed by atoms with Gasteiger partial charge in [-0.15, -0.1) is 0 Å². The van der Waals surface area contributed by atoms with E-state index >= 15 is 0 Å². The molecule has 0 aliphatic carbocycles.